The van der Waals surface area contributed by atoms with E-state index in [2.05, 4.69) is 46.8 Å². The summed E-state index contributed by atoms with van der Waals surface area (Å²) < 4.78 is 1.65. The molecule has 1 heterocycles. The molecule has 0 aliphatic rings. The van der Waals surface area contributed by atoms with Gasteiger partial charge in [0, 0.05) is 6.54 Å². The Labute approximate surface area is 134 Å². The van der Waals surface area contributed by atoms with Gasteiger partial charge in [-0.1, -0.05) is 44.7 Å². The summed E-state index contributed by atoms with van der Waals surface area (Å²) in [6, 6.07) is 8.13. The first-order valence-corrected chi connectivity index (χ1v) is 8.38. The topological polar surface area (TPSA) is 72.7 Å². The summed E-state index contributed by atoms with van der Waals surface area (Å²) in [5, 5.41) is 15.1. The molecule has 22 heavy (non-hydrogen) atoms. The van der Waals surface area contributed by atoms with Gasteiger partial charge >= 0.3 is 0 Å². The van der Waals surface area contributed by atoms with Crippen LogP contribution in [0.25, 0.3) is 5.69 Å². The Kier molecular flexibility index (Phi) is 5.94. The zero-order chi connectivity index (χ0) is 15.9. The maximum Gasteiger partial charge on any atom is 0.230 e. The van der Waals surface area contributed by atoms with E-state index < -0.39 is 0 Å². The lowest BCUT2D eigenvalue weighted by Crippen LogP contribution is -2.25. The molecule has 118 valence electrons. The Morgan fingerprint density at radius 3 is 2.68 bits per heavy atom. The molecule has 2 aromatic rings. The number of thioether (sulfide) groups is 1. The molecule has 0 bridgehead atoms. The monoisotopic (exact) mass is 319 g/mol. The molecular formula is C15H21N5OS. The average Bonchev–Trinajstić information content (AvgIpc) is 2.99. The molecule has 0 radical (unpaired) electrons. The summed E-state index contributed by atoms with van der Waals surface area (Å²) in [6.07, 6.45) is 0.927. The van der Waals surface area contributed by atoms with Crippen LogP contribution < -0.4 is 5.32 Å². The van der Waals surface area contributed by atoms with Crippen molar-refractivity contribution >= 4 is 17.7 Å². The molecule has 6 nitrogen and oxygen atoms in total. The van der Waals surface area contributed by atoms with Crippen molar-refractivity contribution in [2.24, 2.45) is 0 Å². The number of nitrogens with zero attached hydrogens (tertiary/aromatic N) is 4. The number of hydrogen-bond donors (Lipinski definition) is 1. The Balaban J connectivity index is 2.04. The molecule has 0 unspecified atom stereocenters. The number of aromatic nitrogens is 4. The SMILES string of the molecule is CCCNC(=O)CSc1nnnn1-c1ccc(C(C)C)cc1. The van der Waals surface area contributed by atoms with Crippen molar-refractivity contribution in [3.05, 3.63) is 29.8 Å². The number of carbonyl (C=O) groups is 1. The van der Waals surface area contributed by atoms with E-state index in [0.29, 0.717) is 23.4 Å². The molecule has 0 fully saturated rings. The molecule has 0 saturated heterocycles. The van der Waals surface area contributed by atoms with Crippen LogP contribution in [0.3, 0.4) is 0 Å². The van der Waals surface area contributed by atoms with Crippen molar-refractivity contribution in [3.8, 4) is 5.69 Å². The Morgan fingerprint density at radius 1 is 1.32 bits per heavy atom. The van der Waals surface area contributed by atoms with Crippen molar-refractivity contribution in [1.29, 1.82) is 0 Å². The van der Waals surface area contributed by atoms with Crippen LogP contribution in [0, 0.1) is 0 Å². The third-order valence-corrected chi connectivity index (χ3v) is 4.07. The molecule has 0 atom stereocenters. The van der Waals surface area contributed by atoms with Gasteiger partial charge in [-0.25, -0.2) is 0 Å². The van der Waals surface area contributed by atoms with Crippen LogP contribution in [0.4, 0.5) is 0 Å². The third-order valence-electron chi connectivity index (χ3n) is 3.15. The van der Waals surface area contributed by atoms with E-state index in [-0.39, 0.29) is 5.91 Å². The maximum absolute atomic E-state index is 11.7. The van der Waals surface area contributed by atoms with Crippen molar-refractivity contribution < 1.29 is 4.79 Å². The molecule has 0 aliphatic carbocycles. The fourth-order valence-corrected chi connectivity index (χ4v) is 2.60. The molecule has 1 amide bonds. The Hall–Kier alpha value is -1.89. The summed E-state index contributed by atoms with van der Waals surface area (Å²) >= 11 is 1.33. The van der Waals surface area contributed by atoms with Crippen molar-refractivity contribution in [1.82, 2.24) is 25.5 Å². The first-order valence-electron chi connectivity index (χ1n) is 7.40. The number of benzene rings is 1. The summed E-state index contributed by atoms with van der Waals surface area (Å²) in [7, 11) is 0. The van der Waals surface area contributed by atoms with Crippen LogP contribution in [0.15, 0.2) is 29.4 Å². The highest BCUT2D eigenvalue weighted by Gasteiger charge is 2.11. The van der Waals surface area contributed by atoms with Gasteiger partial charge in [0.05, 0.1) is 11.4 Å². The van der Waals surface area contributed by atoms with Crippen molar-refractivity contribution in [2.45, 2.75) is 38.3 Å². The van der Waals surface area contributed by atoms with Gasteiger partial charge in [0.2, 0.25) is 11.1 Å². The highest BCUT2D eigenvalue weighted by molar-refractivity contribution is 7.99. The molecule has 7 heteroatoms. The number of nitrogens with one attached hydrogen (secondary N) is 1. The lowest BCUT2D eigenvalue weighted by molar-refractivity contribution is -0.118. The second-order valence-electron chi connectivity index (χ2n) is 5.26. The highest BCUT2D eigenvalue weighted by Crippen LogP contribution is 2.20. The van der Waals surface area contributed by atoms with Crippen LogP contribution in [-0.2, 0) is 4.79 Å². The number of rotatable bonds is 7. The summed E-state index contributed by atoms with van der Waals surface area (Å²) in [4.78, 5) is 11.7. The molecule has 1 aromatic carbocycles. The lowest BCUT2D eigenvalue weighted by atomic mass is 10.0. The number of tetrazole rings is 1. The van der Waals surface area contributed by atoms with E-state index in [9.17, 15) is 4.79 Å². The number of carbonyl (C=O) groups excluding carboxylic acids is 1. The van der Waals surface area contributed by atoms with E-state index in [1.54, 1.807) is 4.68 Å². The number of hydrogen-bond acceptors (Lipinski definition) is 5. The van der Waals surface area contributed by atoms with Gasteiger partial charge in [0.25, 0.3) is 0 Å². The number of amides is 1. The van der Waals surface area contributed by atoms with Gasteiger partial charge < -0.3 is 5.32 Å². The van der Waals surface area contributed by atoms with E-state index in [1.165, 1.54) is 17.3 Å². The van der Waals surface area contributed by atoms with Gasteiger partial charge in [-0.2, -0.15) is 4.68 Å². The minimum absolute atomic E-state index is 0.00319. The Morgan fingerprint density at radius 2 is 2.05 bits per heavy atom. The fraction of sp³-hybridized carbons (Fsp3) is 0.467. The predicted molar refractivity (Wildman–Crippen MR) is 87.3 cm³/mol. The molecule has 1 aromatic heterocycles. The van der Waals surface area contributed by atoms with Crippen LogP contribution in [-0.4, -0.2) is 38.4 Å². The van der Waals surface area contributed by atoms with E-state index in [0.717, 1.165) is 12.1 Å². The third kappa shape index (κ3) is 4.30. The maximum atomic E-state index is 11.7. The van der Waals surface area contributed by atoms with Crippen LogP contribution in [0.5, 0.6) is 0 Å². The first-order chi connectivity index (χ1) is 10.6. The second-order valence-corrected chi connectivity index (χ2v) is 6.20. The molecule has 1 N–H and O–H groups in total. The summed E-state index contributed by atoms with van der Waals surface area (Å²) in [5.41, 5.74) is 2.16. The van der Waals surface area contributed by atoms with E-state index >= 15 is 0 Å². The standard InChI is InChI=1S/C15H21N5OS/c1-4-9-16-14(21)10-22-15-17-18-19-20(15)13-7-5-12(6-8-13)11(2)3/h5-8,11H,4,9-10H2,1-3H3,(H,16,21). The van der Waals surface area contributed by atoms with Crippen LogP contribution >= 0.6 is 11.8 Å². The normalized spacial score (nSPS) is 10.9. The Bertz CT molecular complexity index is 609. The largest absolute Gasteiger partial charge is 0.355 e. The lowest BCUT2D eigenvalue weighted by Gasteiger charge is -2.08. The smallest absolute Gasteiger partial charge is 0.230 e. The van der Waals surface area contributed by atoms with Gasteiger partial charge in [-0.05, 0) is 40.5 Å². The van der Waals surface area contributed by atoms with Gasteiger partial charge in [-0.15, -0.1) is 5.10 Å². The van der Waals surface area contributed by atoms with Crippen LogP contribution in [0.1, 0.15) is 38.7 Å². The summed E-state index contributed by atoms with van der Waals surface area (Å²) in [5.74, 6) is 0.792. The van der Waals surface area contributed by atoms with Gasteiger partial charge in [0.1, 0.15) is 0 Å². The van der Waals surface area contributed by atoms with Crippen LogP contribution in [0.2, 0.25) is 0 Å². The molecule has 0 spiro atoms. The fourth-order valence-electron chi connectivity index (χ4n) is 1.88. The quantitative estimate of drug-likeness (QED) is 0.793. The molecular weight excluding hydrogens is 298 g/mol. The van der Waals surface area contributed by atoms with Crippen molar-refractivity contribution in [2.75, 3.05) is 12.3 Å². The van der Waals surface area contributed by atoms with E-state index in [4.69, 9.17) is 0 Å². The summed E-state index contributed by atoms with van der Waals surface area (Å²) in [6.45, 7) is 7.03. The predicted octanol–water partition coefficient (Wildman–Crippen LogP) is 2.40. The minimum Gasteiger partial charge on any atom is -0.355 e. The molecule has 0 saturated carbocycles. The second kappa shape index (κ2) is 7.93. The van der Waals surface area contributed by atoms with E-state index in [1.807, 2.05) is 19.1 Å². The highest BCUT2D eigenvalue weighted by atomic mass is 32.2. The zero-order valence-corrected chi connectivity index (χ0v) is 13.9. The van der Waals surface area contributed by atoms with Gasteiger partial charge in [-0.3, -0.25) is 4.79 Å². The van der Waals surface area contributed by atoms with Gasteiger partial charge in [0.15, 0.2) is 0 Å². The van der Waals surface area contributed by atoms with Crippen molar-refractivity contribution in [3.63, 3.8) is 0 Å². The first kappa shape index (κ1) is 16.5. The zero-order valence-electron chi connectivity index (χ0n) is 13.1. The average molecular weight is 319 g/mol. The minimum atomic E-state index is -0.00319. The molecule has 2 rings (SSSR count). The molecule has 0 aliphatic heterocycles.